The molecule has 4 aromatic rings. The highest BCUT2D eigenvalue weighted by molar-refractivity contribution is 5.96. The summed E-state index contributed by atoms with van der Waals surface area (Å²) in [6, 6.07) is 18.5. The minimum Gasteiger partial charge on any atom is -0.361 e. The van der Waals surface area contributed by atoms with Crippen LogP contribution in [0.3, 0.4) is 0 Å². The fourth-order valence-corrected chi connectivity index (χ4v) is 3.54. The van der Waals surface area contributed by atoms with Gasteiger partial charge in [-0.3, -0.25) is 9.48 Å². The number of benzene rings is 2. The second-order valence-electron chi connectivity index (χ2n) is 7.15. The van der Waals surface area contributed by atoms with Crippen LogP contribution in [0, 0.1) is 6.92 Å². The van der Waals surface area contributed by atoms with Crippen molar-refractivity contribution in [2.24, 2.45) is 0 Å². The van der Waals surface area contributed by atoms with Gasteiger partial charge in [-0.1, -0.05) is 60.6 Å². The van der Waals surface area contributed by atoms with Crippen LogP contribution in [0.1, 0.15) is 39.9 Å². The Balaban J connectivity index is 1.50. The Hall–Kier alpha value is -3.67. The molecule has 2 aromatic carbocycles. The maximum atomic E-state index is 12.7. The predicted molar refractivity (Wildman–Crippen MR) is 115 cm³/mol. The summed E-state index contributed by atoms with van der Waals surface area (Å²) in [5.41, 5.74) is 5.67. The van der Waals surface area contributed by atoms with E-state index in [0.717, 1.165) is 23.2 Å². The maximum Gasteiger partial charge on any atom is 0.257 e. The van der Waals surface area contributed by atoms with Crippen LogP contribution in [0.2, 0.25) is 0 Å². The van der Waals surface area contributed by atoms with Crippen molar-refractivity contribution < 1.29 is 9.32 Å². The summed E-state index contributed by atoms with van der Waals surface area (Å²) in [5, 5.41) is 11.2. The van der Waals surface area contributed by atoms with E-state index >= 15 is 0 Å². The van der Waals surface area contributed by atoms with E-state index in [4.69, 9.17) is 4.52 Å². The Morgan fingerprint density at radius 1 is 1.10 bits per heavy atom. The highest BCUT2D eigenvalue weighted by Gasteiger charge is 2.19. The molecule has 0 fully saturated rings. The van der Waals surface area contributed by atoms with Crippen LogP contribution in [0.5, 0.6) is 0 Å². The predicted octanol–water partition coefficient (Wildman–Crippen LogP) is 4.39. The van der Waals surface area contributed by atoms with Crippen molar-refractivity contribution >= 4 is 5.91 Å². The Bertz CT molecular complexity index is 1130. The maximum absolute atomic E-state index is 12.7. The van der Waals surface area contributed by atoms with Gasteiger partial charge in [0.05, 0.1) is 12.2 Å². The Kier molecular flexibility index (Phi) is 5.75. The molecule has 6 nitrogen and oxygen atoms in total. The third-order valence-electron chi connectivity index (χ3n) is 5.12. The molecule has 2 heterocycles. The third kappa shape index (κ3) is 4.17. The molecule has 0 bridgehead atoms. The molecule has 0 aliphatic carbocycles. The Morgan fingerprint density at radius 3 is 2.63 bits per heavy atom. The lowest BCUT2D eigenvalue weighted by atomic mass is 9.98. The second kappa shape index (κ2) is 8.78. The summed E-state index contributed by atoms with van der Waals surface area (Å²) in [7, 11) is 0. The number of nitrogens with one attached hydrogen (secondary N) is 1. The van der Waals surface area contributed by atoms with Gasteiger partial charge >= 0.3 is 0 Å². The van der Waals surface area contributed by atoms with Gasteiger partial charge in [0, 0.05) is 18.9 Å². The van der Waals surface area contributed by atoms with E-state index < -0.39 is 0 Å². The molecule has 6 heteroatoms. The lowest BCUT2D eigenvalue weighted by Crippen LogP contribution is -2.24. The standard InChI is InChI=1S/C24H24N4O2/c1-3-22-23(17(2)30-27-22)24(29)25-15-20-7-4-5-8-21(20)19-11-9-18(10-12-19)16-28-14-6-13-26-28/h4-14H,3,15-16H2,1-2H3,(H,25,29). The highest BCUT2D eigenvalue weighted by atomic mass is 16.5. The fourth-order valence-electron chi connectivity index (χ4n) is 3.54. The van der Waals surface area contributed by atoms with Crippen molar-refractivity contribution in [3.8, 4) is 11.1 Å². The molecule has 0 unspecified atom stereocenters. The molecular weight excluding hydrogens is 376 g/mol. The number of nitrogens with zero attached hydrogens (tertiary/aromatic N) is 3. The zero-order valence-electron chi connectivity index (χ0n) is 17.1. The summed E-state index contributed by atoms with van der Waals surface area (Å²) in [6.07, 6.45) is 4.39. The van der Waals surface area contributed by atoms with E-state index in [0.29, 0.717) is 30.0 Å². The van der Waals surface area contributed by atoms with Gasteiger partial charge in [-0.2, -0.15) is 5.10 Å². The van der Waals surface area contributed by atoms with E-state index in [-0.39, 0.29) is 5.91 Å². The lowest BCUT2D eigenvalue weighted by molar-refractivity contribution is 0.0948. The van der Waals surface area contributed by atoms with E-state index in [1.165, 1.54) is 5.56 Å². The van der Waals surface area contributed by atoms with Crippen LogP contribution in [0.4, 0.5) is 0 Å². The minimum atomic E-state index is -0.157. The number of aryl methyl sites for hydroxylation is 2. The van der Waals surface area contributed by atoms with Gasteiger partial charge < -0.3 is 9.84 Å². The van der Waals surface area contributed by atoms with Crippen molar-refractivity contribution in [3.05, 3.63) is 95.1 Å². The number of hydrogen-bond donors (Lipinski definition) is 1. The molecule has 1 N–H and O–H groups in total. The first-order valence-electron chi connectivity index (χ1n) is 10.0. The molecule has 30 heavy (non-hydrogen) atoms. The van der Waals surface area contributed by atoms with Crippen molar-refractivity contribution in [3.63, 3.8) is 0 Å². The zero-order valence-corrected chi connectivity index (χ0v) is 17.1. The van der Waals surface area contributed by atoms with Gasteiger partial charge in [0.1, 0.15) is 11.3 Å². The van der Waals surface area contributed by atoms with Crippen LogP contribution in [0.25, 0.3) is 11.1 Å². The first-order chi connectivity index (χ1) is 14.7. The SMILES string of the molecule is CCc1noc(C)c1C(=O)NCc1ccccc1-c1ccc(Cn2cccn2)cc1. The molecule has 0 aliphatic rings. The molecule has 0 aliphatic heterocycles. The number of carbonyl (C=O) groups is 1. The number of carbonyl (C=O) groups excluding carboxylic acids is 1. The van der Waals surface area contributed by atoms with Crippen LogP contribution < -0.4 is 5.32 Å². The van der Waals surface area contributed by atoms with Crippen LogP contribution in [0.15, 0.2) is 71.5 Å². The Morgan fingerprint density at radius 2 is 1.90 bits per heavy atom. The van der Waals surface area contributed by atoms with Crippen molar-refractivity contribution in [2.75, 3.05) is 0 Å². The normalized spacial score (nSPS) is 10.9. The van der Waals surface area contributed by atoms with Crippen molar-refractivity contribution in [1.82, 2.24) is 20.3 Å². The van der Waals surface area contributed by atoms with Crippen LogP contribution in [-0.4, -0.2) is 20.8 Å². The largest absolute Gasteiger partial charge is 0.361 e. The molecule has 0 saturated carbocycles. The summed E-state index contributed by atoms with van der Waals surface area (Å²) < 4.78 is 7.08. The molecule has 0 spiro atoms. The van der Waals surface area contributed by atoms with Gasteiger partial charge in [-0.05, 0) is 41.7 Å². The second-order valence-corrected chi connectivity index (χ2v) is 7.15. The minimum absolute atomic E-state index is 0.157. The average Bonchev–Trinajstić information content (AvgIpc) is 3.42. The van der Waals surface area contributed by atoms with Crippen LogP contribution >= 0.6 is 0 Å². The summed E-state index contributed by atoms with van der Waals surface area (Å²) in [6.45, 7) is 4.89. The highest BCUT2D eigenvalue weighted by Crippen LogP contribution is 2.24. The van der Waals surface area contributed by atoms with E-state index in [2.05, 4.69) is 45.9 Å². The summed E-state index contributed by atoms with van der Waals surface area (Å²) in [5.74, 6) is 0.389. The molecule has 0 atom stereocenters. The number of rotatable bonds is 7. The van der Waals surface area contributed by atoms with Gasteiger partial charge in [-0.15, -0.1) is 0 Å². The smallest absolute Gasteiger partial charge is 0.257 e. The molecule has 0 radical (unpaired) electrons. The average molecular weight is 400 g/mol. The van der Waals surface area contributed by atoms with Gasteiger partial charge in [-0.25, -0.2) is 0 Å². The molecule has 2 aromatic heterocycles. The van der Waals surface area contributed by atoms with Gasteiger partial charge in [0.15, 0.2) is 0 Å². The molecular formula is C24H24N4O2. The van der Waals surface area contributed by atoms with Crippen molar-refractivity contribution in [1.29, 1.82) is 0 Å². The van der Waals surface area contributed by atoms with Gasteiger partial charge in [0.25, 0.3) is 5.91 Å². The summed E-state index contributed by atoms with van der Waals surface area (Å²) >= 11 is 0. The van der Waals surface area contributed by atoms with Crippen LogP contribution in [-0.2, 0) is 19.5 Å². The van der Waals surface area contributed by atoms with Crippen molar-refractivity contribution in [2.45, 2.75) is 33.4 Å². The zero-order chi connectivity index (χ0) is 20.9. The third-order valence-corrected chi connectivity index (χ3v) is 5.12. The molecule has 0 saturated heterocycles. The molecule has 4 rings (SSSR count). The molecule has 152 valence electrons. The van der Waals surface area contributed by atoms with E-state index in [1.54, 1.807) is 13.1 Å². The topological polar surface area (TPSA) is 73.0 Å². The van der Waals surface area contributed by atoms with E-state index in [9.17, 15) is 4.79 Å². The number of amides is 1. The quantitative estimate of drug-likeness (QED) is 0.499. The van der Waals surface area contributed by atoms with Gasteiger partial charge in [0.2, 0.25) is 0 Å². The number of hydrogen-bond acceptors (Lipinski definition) is 4. The van der Waals surface area contributed by atoms with E-state index in [1.807, 2.05) is 42.1 Å². The summed E-state index contributed by atoms with van der Waals surface area (Å²) in [4.78, 5) is 12.7. The molecule has 1 amide bonds. The lowest BCUT2D eigenvalue weighted by Gasteiger charge is -2.12. The monoisotopic (exact) mass is 400 g/mol. The first-order valence-corrected chi connectivity index (χ1v) is 10.0. The fraction of sp³-hybridized carbons (Fsp3) is 0.208. The number of aromatic nitrogens is 3. The Labute approximate surface area is 175 Å². The first kappa shape index (κ1) is 19.6.